The first-order valence-corrected chi connectivity index (χ1v) is 11.2. The van der Waals surface area contributed by atoms with E-state index in [1.165, 1.54) is 0 Å². The Kier molecular flexibility index (Phi) is 7.83. The smallest absolute Gasteiger partial charge is 0.495 e. The standard InChI is InChI=1S/C24H40BNO6/c1-16(2)14-26(21(27)30-22(3,4)5)15-18-19(28-10)12-17(13-20(18)29-11)25-31-23(6,7)24(8,9)32-25/h12-13,16H,14-15H2,1-11H3. The summed E-state index contributed by atoms with van der Waals surface area (Å²) in [4.78, 5) is 14.6. The molecule has 0 bridgehead atoms. The second kappa shape index (κ2) is 9.52. The number of carbonyl (C=O) groups is 1. The van der Waals surface area contributed by atoms with Crippen LogP contribution in [0.15, 0.2) is 12.1 Å². The number of nitrogens with zero attached hydrogens (tertiary/aromatic N) is 1. The first kappa shape index (κ1) is 26.3. The number of amides is 1. The van der Waals surface area contributed by atoms with E-state index < -0.39 is 23.9 Å². The van der Waals surface area contributed by atoms with Crippen molar-refractivity contribution >= 4 is 18.7 Å². The van der Waals surface area contributed by atoms with Crippen molar-refractivity contribution in [3.8, 4) is 11.5 Å². The lowest BCUT2D eigenvalue weighted by molar-refractivity contribution is 0.00578. The SMILES string of the molecule is COc1cc(B2OC(C)(C)C(C)(C)O2)cc(OC)c1CN(CC(C)C)C(=O)OC(C)(C)C. The average molecular weight is 449 g/mol. The highest BCUT2D eigenvalue weighted by atomic mass is 16.7. The maximum Gasteiger partial charge on any atom is 0.495 e. The molecule has 1 aromatic rings. The van der Waals surface area contributed by atoms with E-state index in [1.807, 2.05) is 60.6 Å². The zero-order chi connectivity index (χ0) is 24.5. The number of methoxy groups -OCH3 is 2. The zero-order valence-corrected chi connectivity index (χ0v) is 21.6. The first-order valence-electron chi connectivity index (χ1n) is 11.2. The maximum absolute atomic E-state index is 12.9. The highest BCUT2D eigenvalue weighted by Crippen LogP contribution is 2.38. The van der Waals surface area contributed by atoms with Crippen LogP contribution in [0.1, 0.15) is 67.9 Å². The quantitative estimate of drug-likeness (QED) is 0.575. The van der Waals surface area contributed by atoms with Crippen LogP contribution in [-0.2, 0) is 20.6 Å². The van der Waals surface area contributed by atoms with Crippen molar-refractivity contribution in [1.29, 1.82) is 0 Å². The highest BCUT2D eigenvalue weighted by molar-refractivity contribution is 6.62. The highest BCUT2D eigenvalue weighted by Gasteiger charge is 2.52. The number of rotatable bonds is 7. The van der Waals surface area contributed by atoms with Gasteiger partial charge in [0.25, 0.3) is 0 Å². The van der Waals surface area contributed by atoms with Crippen LogP contribution < -0.4 is 14.9 Å². The average Bonchev–Trinajstić information content (AvgIpc) is 2.86. The minimum atomic E-state index is -0.582. The van der Waals surface area contributed by atoms with E-state index in [2.05, 4.69) is 13.8 Å². The summed E-state index contributed by atoms with van der Waals surface area (Å²) in [7, 11) is 2.66. The van der Waals surface area contributed by atoms with Gasteiger partial charge in [-0.25, -0.2) is 4.79 Å². The summed E-state index contributed by atoms with van der Waals surface area (Å²) in [6, 6.07) is 3.78. The van der Waals surface area contributed by atoms with Crippen LogP contribution in [0, 0.1) is 5.92 Å². The van der Waals surface area contributed by atoms with Crippen molar-refractivity contribution in [2.24, 2.45) is 5.92 Å². The van der Waals surface area contributed by atoms with Crippen LogP contribution in [0.2, 0.25) is 0 Å². The van der Waals surface area contributed by atoms with E-state index in [9.17, 15) is 4.79 Å². The van der Waals surface area contributed by atoms with E-state index in [-0.39, 0.29) is 12.0 Å². The summed E-state index contributed by atoms with van der Waals surface area (Å²) in [5.74, 6) is 1.47. The van der Waals surface area contributed by atoms with E-state index in [0.717, 1.165) is 11.0 Å². The molecule has 1 aliphatic rings. The molecule has 8 heteroatoms. The number of hydrogen-bond acceptors (Lipinski definition) is 6. The van der Waals surface area contributed by atoms with Gasteiger partial charge in [-0.15, -0.1) is 0 Å². The van der Waals surface area contributed by atoms with Gasteiger partial charge >= 0.3 is 13.2 Å². The van der Waals surface area contributed by atoms with Gasteiger partial charge in [0.1, 0.15) is 17.1 Å². The van der Waals surface area contributed by atoms with E-state index in [4.69, 9.17) is 23.5 Å². The van der Waals surface area contributed by atoms with Gasteiger partial charge in [-0.3, -0.25) is 0 Å². The van der Waals surface area contributed by atoms with Crippen molar-refractivity contribution in [2.45, 2.75) is 85.7 Å². The molecule has 0 aromatic heterocycles. The first-order chi connectivity index (χ1) is 14.6. The molecule has 1 amide bonds. The summed E-state index contributed by atoms with van der Waals surface area (Å²) in [5.41, 5.74) is 0.0696. The van der Waals surface area contributed by atoms with Crippen LogP contribution in [0.4, 0.5) is 4.79 Å². The third-order valence-corrected chi connectivity index (χ3v) is 5.74. The molecule has 180 valence electrons. The normalized spacial score (nSPS) is 17.4. The number of ether oxygens (including phenoxy) is 3. The summed E-state index contributed by atoms with van der Waals surface area (Å²) in [6.07, 6.45) is -0.370. The van der Waals surface area contributed by atoms with Gasteiger partial charge in [-0.1, -0.05) is 13.8 Å². The van der Waals surface area contributed by atoms with Crippen LogP contribution in [0.25, 0.3) is 0 Å². The van der Waals surface area contributed by atoms with E-state index >= 15 is 0 Å². The Morgan fingerprint density at radius 2 is 1.50 bits per heavy atom. The lowest BCUT2D eigenvalue weighted by Gasteiger charge is -2.32. The molecule has 2 rings (SSSR count). The molecule has 0 unspecified atom stereocenters. The molecule has 1 heterocycles. The monoisotopic (exact) mass is 449 g/mol. The van der Waals surface area contributed by atoms with Gasteiger partial charge in [-0.05, 0) is 72.0 Å². The van der Waals surface area contributed by atoms with Crippen molar-refractivity contribution in [1.82, 2.24) is 4.90 Å². The third kappa shape index (κ3) is 6.10. The van der Waals surface area contributed by atoms with Gasteiger partial charge in [0.05, 0.1) is 37.5 Å². The topological polar surface area (TPSA) is 66.5 Å². The molecule has 1 aliphatic heterocycles. The van der Waals surface area contributed by atoms with Crippen molar-refractivity contribution < 1.29 is 28.3 Å². The molecular formula is C24H40BNO6. The van der Waals surface area contributed by atoms with Crippen LogP contribution in [0.5, 0.6) is 11.5 Å². The van der Waals surface area contributed by atoms with E-state index in [1.54, 1.807) is 19.1 Å². The Bertz CT molecular complexity index is 774. The molecule has 32 heavy (non-hydrogen) atoms. The summed E-state index contributed by atoms with van der Waals surface area (Å²) < 4.78 is 29.4. The van der Waals surface area contributed by atoms with Crippen LogP contribution in [0.3, 0.4) is 0 Å². The zero-order valence-electron chi connectivity index (χ0n) is 21.6. The van der Waals surface area contributed by atoms with Crippen molar-refractivity contribution in [3.05, 3.63) is 17.7 Å². The minimum absolute atomic E-state index is 0.267. The maximum atomic E-state index is 12.9. The molecule has 7 nitrogen and oxygen atoms in total. The summed E-state index contributed by atoms with van der Waals surface area (Å²) in [5, 5.41) is 0. The van der Waals surface area contributed by atoms with Gasteiger partial charge in [0, 0.05) is 6.54 Å². The molecule has 1 saturated heterocycles. The Labute approximate surface area is 193 Å². The molecule has 1 aromatic carbocycles. The molecule has 0 aliphatic carbocycles. The molecule has 0 radical (unpaired) electrons. The van der Waals surface area contributed by atoms with Gasteiger partial charge < -0.3 is 28.4 Å². The Morgan fingerprint density at radius 3 is 1.88 bits per heavy atom. The fourth-order valence-electron chi connectivity index (χ4n) is 3.44. The van der Waals surface area contributed by atoms with E-state index in [0.29, 0.717) is 24.6 Å². The molecule has 0 N–H and O–H groups in total. The molecule has 1 fully saturated rings. The fourth-order valence-corrected chi connectivity index (χ4v) is 3.44. The number of carbonyl (C=O) groups excluding carboxylic acids is 1. The molecule has 0 atom stereocenters. The fraction of sp³-hybridized carbons (Fsp3) is 0.708. The molecule has 0 spiro atoms. The molecule has 0 saturated carbocycles. The van der Waals surface area contributed by atoms with Gasteiger partial charge in [0.15, 0.2) is 0 Å². The lowest BCUT2D eigenvalue weighted by atomic mass is 9.78. The van der Waals surface area contributed by atoms with Crippen LogP contribution >= 0.6 is 0 Å². The Hall–Kier alpha value is -1.93. The second-order valence-electron chi connectivity index (χ2n) is 10.7. The predicted octanol–water partition coefficient (Wildman–Crippen LogP) is 4.40. The van der Waals surface area contributed by atoms with Crippen molar-refractivity contribution in [2.75, 3.05) is 20.8 Å². The number of hydrogen-bond donors (Lipinski definition) is 0. The summed E-state index contributed by atoms with van der Waals surface area (Å²) in [6.45, 7) is 18.6. The van der Waals surface area contributed by atoms with Crippen LogP contribution in [-0.4, -0.2) is 55.7 Å². The lowest BCUT2D eigenvalue weighted by Crippen LogP contribution is -2.41. The third-order valence-electron chi connectivity index (χ3n) is 5.74. The predicted molar refractivity (Wildman–Crippen MR) is 127 cm³/mol. The Morgan fingerprint density at radius 1 is 1.03 bits per heavy atom. The number of benzene rings is 1. The van der Waals surface area contributed by atoms with Crippen molar-refractivity contribution in [3.63, 3.8) is 0 Å². The second-order valence-corrected chi connectivity index (χ2v) is 10.7. The Balaban J connectivity index is 2.41. The van der Waals surface area contributed by atoms with Gasteiger partial charge in [-0.2, -0.15) is 0 Å². The largest absolute Gasteiger partial charge is 0.496 e. The minimum Gasteiger partial charge on any atom is -0.496 e. The summed E-state index contributed by atoms with van der Waals surface area (Å²) >= 11 is 0. The molecular weight excluding hydrogens is 409 g/mol. The van der Waals surface area contributed by atoms with Gasteiger partial charge in [0.2, 0.25) is 0 Å².